The fourth-order valence-corrected chi connectivity index (χ4v) is 1.58. The zero-order valence-electron chi connectivity index (χ0n) is 11.0. The van der Waals surface area contributed by atoms with Crippen molar-refractivity contribution < 1.29 is 4.79 Å². The van der Waals surface area contributed by atoms with Crippen molar-refractivity contribution in [3.8, 4) is 11.4 Å². The largest absolute Gasteiger partial charge is 0.330 e. The Bertz CT molecular complexity index is 578. The summed E-state index contributed by atoms with van der Waals surface area (Å²) in [6, 6.07) is 7.41. The van der Waals surface area contributed by atoms with Crippen molar-refractivity contribution in [2.75, 3.05) is 11.9 Å². The number of hydrogen-bond donors (Lipinski definition) is 3. The molecule has 0 saturated carbocycles. The van der Waals surface area contributed by atoms with Crippen molar-refractivity contribution in [3.63, 3.8) is 0 Å². The van der Waals surface area contributed by atoms with Crippen LogP contribution in [0.3, 0.4) is 0 Å². The van der Waals surface area contributed by atoms with Crippen LogP contribution in [0.5, 0.6) is 0 Å². The monoisotopic (exact) mass is 259 g/mol. The van der Waals surface area contributed by atoms with Gasteiger partial charge in [0.05, 0.1) is 0 Å². The number of aromatic amines is 1. The van der Waals surface area contributed by atoms with Crippen LogP contribution in [-0.4, -0.2) is 27.6 Å². The first-order valence-electron chi connectivity index (χ1n) is 6.10. The van der Waals surface area contributed by atoms with Crippen LogP contribution in [0.15, 0.2) is 24.3 Å². The van der Waals surface area contributed by atoms with E-state index in [1.54, 1.807) is 6.92 Å². The number of carbonyl (C=O) groups excluding carboxylic acids is 1. The molecular weight excluding hydrogens is 242 g/mol. The second-order valence-corrected chi connectivity index (χ2v) is 4.45. The summed E-state index contributed by atoms with van der Waals surface area (Å²) in [6.45, 7) is 3.95. The molecule has 100 valence electrons. The van der Waals surface area contributed by atoms with Crippen LogP contribution in [-0.2, 0) is 4.79 Å². The Labute approximate surface area is 111 Å². The van der Waals surface area contributed by atoms with Crippen LogP contribution in [0.4, 0.5) is 5.69 Å². The molecule has 0 aliphatic carbocycles. The van der Waals surface area contributed by atoms with Crippen LogP contribution in [0.1, 0.15) is 12.7 Å². The number of amides is 1. The number of aromatic nitrogens is 3. The van der Waals surface area contributed by atoms with Gasteiger partial charge in [-0.2, -0.15) is 5.10 Å². The van der Waals surface area contributed by atoms with E-state index in [0.717, 1.165) is 11.4 Å². The third kappa shape index (κ3) is 3.17. The average molecular weight is 259 g/mol. The maximum absolute atomic E-state index is 11.8. The van der Waals surface area contributed by atoms with Gasteiger partial charge in [0.2, 0.25) is 5.91 Å². The highest BCUT2D eigenvalue weighted by Crippen LogP contribution is 2.19. The quantitative estimate of drug-likeness (QED) is 0.771. The van der Waals surface area contributed by atoms with Gasteiger partial charge in [-0.05, 0) is 19.1 Å². The fourth-order valence-electron chi connectivity index (χ4n) is 1.58. The minimum atomic E-state index is -0.214. The number of benzene rings is 1. The number of anilines is 1. The molecule has 0 fully saturated rings. The lowest BCUT2D eigenvalue weighted by Crippen LogP contribution is -2.26. The standard InChI is InChI=1S/C13H17N5O/c1-8(7-14)13(19)16-11-5-3-4-10(6-11)12-15-9(2)17-18-12/h3-6,8H,7,14H2,1-2H3,(H,16,19)(H,15,17,18). The zero-order chi connectivity index (χ0) is 13.8. The van der Waals surface area contributed by atoms with Gasteiger partial charge in [-0.1, -0.05) is 19.1 Å². The number of hydrogen-bond acceptors (Lipinski definition) is 4. The molecule has 2 aromatic rings. The average Bonchev–Trinajstić information content (AvgIpc) is 2.84. The molecule has 4 N–H and O–H groups in total. The molecule has 1 amide bonds. The molecule has 19 heavy (non-hydrogen) atoms. The van der Waals surface area contributed by atoms with Gasteiger partial charge >= 0.3 is 0 Å². The Kier molecular flexibility index (Phi) is 3.91. The Balaban J connectivity index is 2.18. The molecule has 0 aliphatic heterocycles. The van der Waals surface area contributed by atoms with Gasteiger partial charge in [0.25, 0.3) is 0 Å². The summed E-state index contributed by atoms with van der Waals surface area (Å²) < 4.78 is 0. The number of nitrogens with zero attached hydrogens (tertiary/aromatic N) is 2. The number of nitrogens with two attached hydrogens (primary N) is 1. The smallest absolute Gasteiger partial charge is 0.228 e. The number of H-pyrrole nitrogens is 1. The highest BCUT2D eigenvalue weighted by atomic mass is 16.1. The first-order valence-corrected chi connectivity index (χ1v) is 6.10. The predicted octanol–water partition coefficient (Wildman–Crippen LogP) is 1.31. The van der Waals surface area contributed by atoms with Crippen molar-refractivity contribution >= 4 is 11.6 Å². The normalized spacial score (nSPS) is 12.2. The Hall–Kier alpha value is -2.21. The number of carbonyl (C=O) groups is 1. The molecule has 0 spiro atoms. The van der Waals surface area contributed by atoms with E-state index in [1.165, 1.54) is 0 Å². The molecule has 1 unspecified atom stereocenters. The van der Waals surface area contributed by atoms with Gasteiger partial charge in [-0.25, -0.2) is 4.98 Å². The molecule has 0 saturated heterocycles. The van der Waals surface area contributed by atoms with E-state index in [2.05, 4.69) is 20.5 Å². The van der Waals surface area contributed by atoms with E-state index in [9.17, 15) is 4.79 Å². The Morgan fingerprint density at radius 2 is 2.32 bits per heavy atom. The Morgan fingerprint density at radius 1 is 1.53 bits per heavy atom. The summed E-state index contributed by atoms with van der Waals surface area (Å²) in [5.74, 6) is 1.06. The van der Waals surface area contributed by atoms with E-state index < -0.39 is 0 Å². The van der Waals surface area contributed by atoms with Gasteiger partial charge in [0, 0.05) is 23.7 Å². The van der Waals surface area contributed by atoms with Gasteiger partial charge in [0.1, 0.15) is 5.82 Å². The summed E-state index contributed by atoms with van der Waals surface area (Å²) in [6.07, 6.45) is 0. The molecular formula is C13H17N5O. The van der Waals surface area contributed by atoms with Crippen LogP contribution < -0.4 is 11.1 Å². The van der Waals surface area contributed by atoms with Gasteiger partial charge < -0.3 is 11.1 Å². The molecule has 0 aliphatic rings. The van der Waals surface area contributed by atoms with Gasteiger partial charge in [-0.15, -0.1) is 0 Å². The lowest BCUT2D eigenvalue weighted by atomic mass is 10.1. The molecule has 1 aromatic carbocycles. The summed E-state index contributed by atoms with van der Waals surface area (Å²) >= 11 is 0. The molecule has 0 radical (unpaired) electrons. The van der Waals surface area contributed by atoms with E-state index in [-0.39, 0.29) is 11.8 Å². The molecule has 6 nitrogen and oxygen atoms in total. The van der Waals surface area contributed by atoms with E-state index in [0.29, 0.717) is 18.1 Å². The molecule has 0 bridgehead atoms. The van der Waals surface area contributed by atoms with Crippen molar-refractivity contribution in [2.24, 2.45) is 11.7 Å². The number of rotatable bonds is 4. The number of aryl methyl sites for hydroxylation is 1. The van der Waals surface area contributed by atoms with Crippen LogP contribution >= 0.6 is 0 Å². The SMILES string of the molecule is Cc1nc(-c2cccc(NC(=O)C(C)CN)c2)n[nH]1. The third-order valence-corrected chi connectivity index (χ3v) is 2.79. The summed E-state index contributed by atoms with van der Waals surface area (Å²) in [5, 5.41) is 9.70. The van der Waals surface area contributed by atoms with Crippen molar-refractivity contribution in [1.29, 1.82) is 0 Å². The number of nitrogens with one attached hydrogen (secondary N) is 2. The molecule has 1 aromatic heterocycles. The van der Waals surface area contributed by atoms with E-state index in [4.69, 9.17) is 5.73 Å². The minimum absolute atomic E-state index is 0.0918. The van der Waals surface area contributed by atoms with Gasteiger partial charge in [-0.3, -0.25) is 9.89 Å². The lowest BCUT2D eigenvalue weighted by molar-refractivity contribution is -0.119. The topological polar surface area (TPSA) is 96.7 Å². The first kappa shape index (κ1) is 13.2. The lowest BCUT2D eigenvalue weighted by Gasteiger charge is -2.10. The van der Waals surface area contributed by atoms with Crippen LogP contribution in [0.2, 0.25) is 0 Å². The fraction of sp³-hybridized carbons (Fsp3) is 0.308. The highest BCUT2D eigenvalue weighted by molar-refractivity contribution is 5.93. The van der Waals surface area contributed by atoms with Crippen LogP contribution in [0, 0.1) is 12.8 Å². The molecule has 2 rings (SSSR count). The molecule has 1 heterocycles. The molecule has 6 heteroatoms. The van der Waals surface area contributed by atoms with E-state index >= 15 is 0 Å². The van der Waals surface area contributed by atoms with Gasteiger partial charge in [0.15, 0.2) is 5.82 Å². The first-order chi connectivity index (χ1) is 9.10. The molecule has 1 atom stereocenters. The summed E-state index contributed by atoms with van der Waals surface area (Å²) in [7, 11) is 0. The zero-order valence-corrected chi connectivity index (χ0v) is 11.0. The van der Waals surface area contributed by atoms with Crippen molar-refractivity contribution in [3.05, 3.63) is 30.1 Å². The maximum atomic E-state index is 11.8. The maximum Gasteiger partial charge on any atom is 0.228 e. The second kappa shape index (κ2) is 5.62. The minimum Gasteiger partial charge on any atom is -0.330 e. The summed E-state index contributed by atoms with van der Waals surface area (Å²) in [5.41, 5.74) is 7.03. The van der Waals surface area contributed by atoms with E-state index in [1.807, 2.05) is 31.2 Å². The van der Waals surface area contributed by atoms with Crippen molar-refractivity contribution in [1.82, 2.24) is 15.2 Å². The second-order valence-electron chi connectivity index (χ2n) is 4.45. The predicted molar refractivity (Wildman–Crippen MR) is 73.4 cm³/mol. The Morgan fingerprint density at radius 3 is 2.95 bits per heavy atom. The van der Waals surface area contributed by atoms with Crippen LogP contribution in [0.25, 0.3) is 11.4 Å². The van der Waals surface area contributed by atoms with Crippen molar-refractivity contribution in [2.45, 2.75) is 13.8 Å². The third-order valence-electron chi connectivity index (χ3n) is 2.79. The summed E-state index contributed by atoms with van der Waals surface area (Å²) in [4.78, 5) is 16.0. The highest BCUT2D eigenvalue weighted by Gasteiger charge is 2.11.